The molecule has 0 bridgehead atoms. The average Bonchev–Trinajstić information content (AvgIpc) is 2.17. The van der Waals surface area contributed by atoms with Crippen LogP contribution in [0.4, 0.5) is 0 Å². The Hall–Kier alpha value is -0.380. The number of ether oxygens (including phenoxy) is 1. The van der Waals surface area contributed by atoms with Gasteiger partial charge in [0.15, 0.2) is 0 Å². The topological polar surface area (TPSA) is 43.4 Å². The van der Waals surface area contributed by atoms with Crippen molar-refractivity contribution in [3.05, 3.63) is 0 Å². The van der Waals surface area contributed by atoms with E-state index in [0.29, 0.717) is 5.33 Å². The summed E-state index contributed by atoms with van der Waals surface area (Å²) in [6.07, 6.45) is 3.38. The SMILES string of the molecule is CC(=O)OC1CCC(C(=O)CBr)CC1. The number of hydrogen-bond donors (Lipinski definition) is 0. The van der Waals surface area contributed by atoms with Crippen LogP contribution in [0.1, 0.15) is 32.6 Å². The third kappa shape index (κ3) is 3.40. The first-order valence-electron chi connectivity index (χ1n) is 4.89. The lowest BCUT2D eigenvalue weighted by Gasteiger charge is -2.26. The summed E-state index contributed by atoms with van der Waals surface area (Å²) in [6, 6.07) is 0. The second-order valence-electron chi connectivity index (χ2n) is 3.68. The van der Waals surface area contributed by atoms with Crippen molar-refractivity contribution in [3.8, 4) is 0 Å². The molecule has 0 spiro atoms. The number of esters is 1. The molecule has 3 nitrogen and oxygen atoms in total. The molecule has 0 aliphatic heterocycles. The maximum atomic E-state index is 11.3. The Labute approximate surface area is 92.3 Å². The number of carbonyl (C=O) groups excluding carboxylic acids is 2. The van der Waals surface area contributed by atoms with Gasteiger partial charge in [-0.3, -0.25) is 9.59 Å². The number of Topliss-reactive ketones (excluding diaryl/α,β-unsaturated/α-hetero) is 1. The van der Waals surface area contributed by atoms with Crippen molar-refractivity contribution in [2.24, 2.45) is 5.92 Å². The Bertz CT molecular complexity index is 219. The molecular weight excluding hydrogens is 248 g/mol. The fraction of sp³-hybridized carbons (Fsp3) is 0.800. The molecule has 0 radical (unpaired) electrons. The molecule has 4 heteroatoms. The van der Waals surface area contributed by atoms with E-state index in [2.05, 4.69) is 15.9 Å². The van der Waals surface area contributed by atoms with Crippen molar-refractivity contribution in [1.29, 1.82) is 0 Å². The lowest BCUT2D eigenvalue weighted by Crippen LogP contribution is -2.27. The molecule has 0 aromatic rings. The highest BCUT2D eigenvalue weighted by molar-refractivity contribution is 9.09. The van der Waals surface area contributed by atoms with Gasteiger partial charge in [0.1, 0.15) is 11.9 Å². The largest absolute Gasteiger partial charge is 0.463 e. The van der Waals surface area contributed by atoms with E-state index >= 15 is 0 Å². The average molecular weight is 263 g/mol. The molecule has 1 aliphatic carbocycles. The third-order valence-electron chi connectivity index (χ3n) is 2.59. The molecule has 0 aromatic carbocycles. The van der Waals surface area contributed by atoms with Gasteiger partial charge in [0.05, 0.1) is 5.33 Å². The third-order valence-corrected chi connectivity index (χ3v) is 3.15. The standard InChI is InChI=1S/C10H15BrO3/c1-7(12)14-9-4-2-8(3-5-9)10(13)6-11/h8-9H,2-6H2,1H3. The van der Waals surface area contributed by atoms with Crippen molar-refractivity contribution in [2.75, 3.05) is 5.33 Å². The molecule has 14 heavy (non-hydrogen) atoms. The summed E-state index contributed by atoms with van der Waals surface area (Å²) >= 11 is 3.17. The lowest BCUT2D eigenvalue weighted by molar-refractivity contribution is -0.148. The summed E-state index contributed by atoms with van der Waals surface area (Å²) in [7, 11) is 0. The van der Waals surface area contributed by atoms with E-state index in [0.717, 1.165) is 25.7 Å². The van der Waals surface area contributed by atoms with Crippen molar-refractivity contribution in [3.63, 3.8) is 0 Å². The second kappa shape index (κ2) is 5.49. The molecule has 80 valence electrons. The predicted octanol–water partition coefficient (Wildman–Crippen LogP) is 2.07. The monoisotopic (exact) mass is 262 g/mol. The Morgan fingerprint density at radius 1 is 1.29 bits per heavy atom. The van der Waals surface area contributed by atoms with Crippen LogP contribution in [0.3, 0.4) is 0 Å². The number of carbonyl (C=O) groups is 2. The smallest absolute Gasteiger partial charge is 0.302 e. The van der Waals surface area contributed by atoms with Crippen LogP contribution in [0.2, 0.25) is 0 Å². The van der Waals surface area contributed by atoms with Gasteiger partial charge in [-0.15, -0.1) is 0 Å². The minimum Gasteiger partial charge on any atom is -0.463 e. The number of hydrogen-bond acceptors (Lipinski definition) is 3. The van der Waals surface area contributed by atoms with Crippen LogP contribution in [0.25, 0.3) is 0 Å². The van der Waals surface area contributed by atoms with Gasteiger partial charge in [-0.1, -0.05) is 15.9 Å². The Morgan fingerprint density at radius 2 is 1.86 bits per heavy atom. The van der Waals surface area contributed by atoms with Crippen LogP contribution in [-0.4, -0.2) is 23.2 Å². The first-order valence-corrected chi connectivity index (χ1v) is 6.01. The maximum absolute atomic E-state index is 11.3. The molecule has 0 unspecified atom stereocenters. The van der Waals surface area contributed by atoms with Crippen LogP contribution in [0.15, 0.2) is 0 Å². The van der Waals surface area contributed by atoms with Gasteiger partial charge in [0.2, 0.25) is 0 Å². The van der Waals surface area contributed by atoms with Crippen LogP contribution in [0.5, 0.6) is 0 Å². The minimum absolute atomic E-state index is 0.0341. The number of rotatable bonds is 3. The first kappa shape index (κ1) is 11.7. The molecule has 0 saturated heterocycles. The zero-order valence-electron chi connectivity index (χ0n) is 8.29. The fourth-order valence-electron chi connectivity index (χ4n) is 1.85. The highest BCUT2D eigenvalue weighted by Crippen LogP contribution is 2.27. The zero-order valence-corrected chi connectivity index (χ0v) is 9.88. The quantitative estimate of drug-likeness (QED) is 0.578. The lowest BCUT2D eigenvalue weighted by atomic mass is 9.85. The van der Waals surface area contributed by atoms with Crippen molar-refractivity contribution < 1.29 is 14.3 Å². The molecule has 1 saturated carbocycles. The Kier molecular flexibility index (Phi) is 4.58. The van der Waals surface area contributed by atoms with Gasteiger partial charge in [0, 0.05) is 12.8 Å². The van der Waals surface area contributed by atoms with E-state index < -0.39 is 0 Å². The van der Waals surface area contributed by atoms with Gasteiger partial charge in [-0.2, -0.15) is 0 Å². The van der Waals surface area contributed by atoms with E-state index in [-0.39, 0.29) is 23.8 Å². The molecule has 0 amide bonds. The normalized spacial score (nSPS) is 27.0. The van der Waals surface area contributed by atoms with E-state index in [9.17, 15) is 9.59 Å². The first-order chi connectivity index (χ1) is 6.63. The molecular formula is C10H15BrO3. The zero-order chi connectivity index (χ0) is 10.6. The van der Waals surface area contributed by atoms with Gasteiger partial charge < -0.3 is 4.74 Å². The van der Waals surface area contributed by atoms with E-state index in [1.807, 2.05) is 0 Å². The second-order valence-corrected chi connectivity index (χ2v) is 4.24. The summed E-state index contributed by atoms with van der Waals surface area (Å²) in [6.45, 7) is 1.43. The van der Waals surface area contributed by atoms with Crippen molar-refractivity contribution in [2.45, 2.75) is 38.7 Å². The van der Waals surface area contributed by atoms with Crippen molar-refractivity contribution in [1.82, 2.24) is 0 Å². The molecule has 0 N–H and O–H groups in total. The van der Waals surface area contributed by atoms with Crippen LogP contribution >= 0.6 is 15.9 Å². The summed E-state index contributed by atoms with van der Waals surface area (Å²) in [4.78, 5) is 22.0. The molecule has 1 aliphatic rings. The Balaban J connectivity index is 2.31. The summed E-state index contributed by atoms with van der Waals surface area (Å²) in [5.74, 6) is 0.215. The number of halogens is 1. The number of ketones is 1. The van der Waals surface area contributed by atoms with Crippen molar-refractivity contribution >= 4 is 27.7 Å². The maximum Gasteiger partial charge on any atom is 0.302 e. The van der Waals surface area contributed by atoms with E-state index in [4.69, 9.17) is 4.74 Å². The van der Waals surface area contributed by atoms with Gasteiger partial charge in [-0.05, 0) is 25.7 Å². The van der Waals surface area contributed by atoms with Crippen LogP contribution < -0.4 is 0 Å². The molecule has 0 heterocycles. The summed E-state index contributed by atoms with van der Waals surface area (Å²) in [5, 5.41) is 0.440. The van der Waals surface area contributed by atoms with Gasteiger partial charge in [0.25, 0.3) is 0 Å². The molecule has 0 atom stereocenters. The van der Waals surface area contributed by atoms with Gasteiger partial charge in [-0.25, -0.2) is 0 Å². The number of alkyl halides is 1. The molecule has 0 aromatic heterocycles. The highest BCUT2D eigenvalue weighted by Gasteiger charge is 2.26. The minimum atomic E-state index is -0.222. The van der Waals surface area contributed by atoms with Crippen LogP contribution in [-0.2, 0) is 14.3 Å². The highest BCUT2D eigenvalue weighted by atomic mass is 79.9. The predicted molar refractivity (Wildman–Crippen MR) is 56.3 cm³/mol. The Morgan fingerprint density at radius 3 is 2.29 bits per heavy atom. The molecule has 1 fully saturated rings. The van der Waals surface area contributed by atoms with Crippen LogP contribution in [0, 0.1) is 5.92 Å². The van der Waals surface area contributed by atoms with E-state index in [1.54, 1.807) is 0 Å². The fourth-order valence-corrected chi connectivity index (χ4v) is 2.30. The summed E-state index contributed by atoms with van der Waals surface area (Å²) < 4.78 is 5.09. The van der Waals surface area contributed by atoms with E-state index in [1.165, 1.54) is 6.92 Å². The summed E-state index contributed by atoms with van der Waals surface area (Å²) in [5.41, 5.74) is 0. The molecule has 1 rings (SSSR count). The van der Waals surface area contributed by atoms with Gasteiger partial charge >= 0.3 is 5.97 Å².